The van der Waals surface area contributed by atoms with Crippen LogP contribution in [-0.2, 0) is 14.2 Å². The van der Waals surface area contributed by atoms with Gasteiger partial charge < -0.3 is 14.2 Å². The molecule has 1 aliphatic heterocycles. The van der Waals surface area contributed by atoms with Crippen LogP contribution >= 0.6 is 0 Å². The van der Waals surface area contributed by atoms with Crippen LogP contribution in [-0.4, -0.2) is 32.7 Å². The predicted molar refractivity (Wildman–Crippen MR) is 32.2 cm³/mol. The molecule has 3 nitrogen and oxygen atoms in total. The van der Waals surface area contributed by atoms with Crippen LogP contribution in [0.25, 0.3) is 0 Å². The van der Waals surface area contributed by atoms with E-state index < -0.39 is 0 Å². The summed E-state index contributed by atoms with van der Waals surface area (Å²) in [5.74, 6) is -0.379. The van der Waals surface area contributed by atoms with E-state index in [-0.39, 0.29) is 5.79 Å². The largest absolute Gasteiger partial charge is 0.376 e. The van der Waals surface area contributed by atoms with E-state index in [2.05, 4.69) is 0 Å². The summed E-state index contributed by atoms with van der Waals surface area (Å²) in [6.07, 6.45) is 0. The highest BCUT2D eigenvalue weighted by atomic mass is 16.8. The molecule has 0 aromatic rings. The van der Waals surface area contributed by atoms with Gasteiger partial charge in [0.25, 0.3) is 0 Å². The molecular weight excluding hydrogens is 120 g/mol. The van der Waals surface area contributed by atoms with Gasteiger partial charge in [-0.15, -0.1) is 0 Å². The van der Waals surface area contributed by atoms with Gasteiger partial charge in [0.1, 0.15) is 13.2 Å². The van der Waals surface area contributed by atoms with Crippen LogP contribution in [0, 0.1) is 0 Å². The highest BCUT2D eigenvalue weighted by Crippen LogP contribution is 2.27. The highest BCUT2D eigenvalue weighted by molar-refractivity contribution is 4.80. The molecule has 0 spiro atoms. The Bertz CT molecular complexity index is 88.3. The topological polar surface area (TPSA) is 31.0 Å². The van der Waals surface area contributed by atoms with Gasteiger partial charge in [-0.05, 0) is 6.92 Å². The second-order valence-electron chi connectivity index (χ2n) is 2.04. The van der Waals surface area contributed by atoms with E-state index in [0.29, 0.717) is 19.8 Å². The maximum Gasteiger partial charge on any atom is 0.216 e. The van der Waals surface area contributed by atoms with Crippen LogP contribution in [0.3, 0.4) is 0 Å². The van der Waals surface area contributed by atoms with E-state index >= 15 is 0 Å². The minimum Gasteiger partial charge on any atom is -0.376 e. The first kappa shape index (κ1) is 6.99. The summed E-state index contributed by atoms with van der Waals surface area (Å²) in [6, 6.07) is 0. The third-order valence-corrected chi connectivity index (χ3v) is 1.36. The zero-order valence-electron chi connectivity index (χ0n) is 5.85. The molecule has 0 saturated carbocycles. The van der Waals surface area contributed by atoms with Crippen LogP contribution in [0.4, 0.5) is 0 Å². The van der Waals surface area contributed by atoms with Crippen molar-refractivity contribution in [2.24, 2.45) is 0 Å². The third kappa shape index (κ3) is 1.64. The van der Waals surface area contributed by atoms with Gasteiger partial charge in [-0.1, -0.05) is 0 Å². The lowest BCUT2D eigenvalue weighted by atomic mass is 10.4. The Hall–Kier alpha value is -0.120. The third-order valence-electron chi connectivity index (χ3n) is 1.36. The van der Waals surface area contributed by atoms with Crippen LogP contribution in [0.15, 0.2) is 0 Å². The molecule has 0 aromatic heterocycles. The maximum absolute atomic E-state index is 5.10. The van der Waals surface area contributed by atoms with E-state index in [9.17, 15) is 0 Å². The molecule has 0 aliphatic carbocycles. The molecule has 1 aliphatic rings. The van der Waals surface area contributed by atoms with Gasteiger partial charge in [0, 0.05) is 13.7 Å². The number of ether oxygens (including phenoxy) is 3. The predicted octanol–water partition coefficient (Wildman–Crippen LogP) is 0.396. The number of rotatable bonds is 4. The lowest BCUT2D eigenvalue weighted by Crippen LogP contribution is -2.21. The summed E-state index contributed by atoms with van der Waals surface area (Å²) >= 11 is 0. The number of hydrogen-bond donors (Lipinski definition) is 0. The molecule has 54 valence electrons. The van der Waals surface area contributed by atoms with Gasteiger partial charge >= 0.3 is 0 Å². The van der Waals surface area contributed by atoms with Gasteiger partial charge in [-0.25, -0.2) is 0 Å². The zero-order valence-corrected chi connectivity index (χ0v) is 5.85. The highest BCUT2D eigenvalue weighted by Gasteiger charge is 2.45. The summed E-state index contributed by atoms with van der Waals surface area (Å²) in [4.78, 5) is 0. The van der Waals surface area contributed by atoms with Crippen molar-refractivity contribution in [3.8, 4) is 0 Å². The minimum absolute atomic E-state index is 0.379. The van der Waals surface area contributed by atoms with Crippen molar-refractivity contribution in [3.63, 3.8) is 0 Å². The minimum atomic E-state index is -0.379. The van der Waals surface area contributed by atoms with Gasteiger partial charge in [-0.3, -0.25) is 0 Å². The monoisotopic (exact) mass is 132 g/mol. The van der Waals surface area contributed by atoms with Crippen molar-refractivity contribution in [1.82, 2.24) is 0 Å². The molecular formula is C6H12O3. The normalized spacial score (nSPS) is 32.7. The number of epoxide rings is 1. The fraction of sp³-hybridized carbons (Fsp3) is 1.00. The quantitative estimate of drug-likeness (QED) is 0.519. The van der Waals surface area contributed by atoms with Crippen LogP contribution in [0.2, 0.25) is 0 Å². The Morgan fingerprint density at radius 2 is 2.33 bits per heavy atom. The smallest absolute Gasteiger partial charge is 0.216 e. The molecule has 1 rings (SSSR count). The lowest BCUT2D eigenvalue weighted by molar-refractivity contribution is -0.0689. The molecule has 1 saturated heterocycles. The fourth-order valence-corrected chi connectivity index (χ4v) is 0.598. The average Bonchev–Trinajstić information content (AvgIpc) is 2.65. The van der Waals surface area contributed by atoms with Crippen LogP contribution in [0.1, 0.15) is 6.92 Å². The maximum atomic E-state index is 5.10. The van der Waals surface area contributed by atoms with Crippen molar-refractivity contribution >= 4 is 0 Å². The molecule has 0 bridgehead atoms. The molecule has 3 heteroatoms. The standard InChI is InChI=1S/C6H12O3/c1-3-8-4-6(7-2)5-9-6/h3-5H2,1-2H3. The first-order chi connectivity index (χ1) is 4.33. The Kier molecular flexibility index (Phi) is 2.05. The SMILES string of the molecule is CCOCC1(OC)CO1. The molecule has 1 atom stereocenters. The molecule has 0 amide bonds. The van der Waals surface area contributed by atoms with Crippen molar-refractivity contribution in [1.29, 1.82) is 0 Å². The van der Waals surface area contributed by atoms with E-state index in [1.54, 1.807) is 7.11 Å². The molecule has 1 fully saturated rings. The molecule has 0 N–H and O–H groups in total. The second-order valence-corrected chi connectivity index (χ2v) is 2.04. The fourth-order valence-electron chi connectivity index (χ4n) is 0.598. The number of methoxy groups -OCH3 is 1. The van der Waals surface area contributed by atoms with E-state index in [1.165, 1.54) is 0 Å². The van der Waals surface area contributed by atoms with Gasteiger partial charge in [0.2, 0.25) is 5.79 Å². The Labute approximate surface area is 54.9 Å². The van der Waals surface area contributed by atoms with Crippen LogP contribution in [0.5, 0.6) is 0 Å². The lowest BCUT2D eigenvalue weighted by Gasteiger charge is -2.07. The Morgan fingerprint density at radius 1 is 1.67 bits per heavy atom. The summed E-state index contributed by atoms with van der Waals surface area (Å²) in [6.45, 7) is 3.89. The van der Waals surface area contributed by atoms with E-state index in [0.717, 1.165) is 0 Å². The van der Waals surface area contributed by atoms with Gasteiger partial charge in [0.05, 0.1) is 0 Å². The zero-order chi connectivity index (χ0) is 6.74. The average molecular weight is 132 g/mol. The summed E-state index contributed by atoms with van der Waals surface area (Å²) in [7, 11) is 1.63. The first-order valence-corrected chi connectivity index (χ1v) is 3.10. The van der Waals surface area contributed by atoms with Crippen molar-refractivity contribution in [2.45, 2.75) is 12.7 Å². The molecule has 1 unspecified atom stereocenters. The Morgan fingerprint density at radius 3 is 2.67 bits per heavy atom. The molecule has 0 aromatic carbocycles. The number of hydrogen-bond acceptors (Lipinski definition) is 3. The first-order valence-electron chi connectivity index (χ1n) is 3.10. The molecule has 0 radical (unpaired) electrons. The molecule has 9 heavy (non-hydrogen) atoms. The Balaban J connectivity index is 2.10. The van der Waals surface area contributed by atoms with E-state index in [1.807, 2.05) is 6.92 Å². The van der Waals surface area contributed by atoms with Crippen molar-refractivity contribution < 1.29 is 14.2 Å². The van der Waals surface area contributed by atoms with Crippen molar-refractivity contribution in [2.75, 3.05) is 26.9 Å². The second kappa shape index (κ2) is 2.64. The molecule has 1 heterocycles. The van der Waals surface area contributed by atoms with Crippen molar-refractivity contribution in [3.05, 3.63) is 0 Å². The summed E-state index contributed by atoms with van der Waals surface area (Å²) < 4.78 is 15.1. The van der Waals surface area contributed by atoms with Gasteiger partial charge in [-0.2, -0.15) is 0 Å². The summed E-state index contributed by atoms with van der Waals surface area (Å²) in [5.41, 5.74) is 0. The van der Waals surface area contributed by atoms with E-state index in [4.69, 9.17) is 14.2 Å². The van der Waals surface area contributed by atoms with Crippen LogP contribution < -0.4 is 0 Å². The van der Waals surface area contributed by atoms with Gasteiger partial charge in [0.15, 0.2) is 0 Å². The summed E-state index contributed by atoms with van der Waals surface area (Å²) in [5, 5.41) is 0.